The minimum absolute atomic E-state index is 0.324. The number of methoxy groups -OCH3 is 1. The Morgan fingerprint density at radius 3 is 1.59 bits per heavy atom. The molecule has 0 atom stereocenters. The first-order valence-electron chi connectivity index (χ1n) is 15.0. The molecule has 0 saturated heterocycles. The number of phenols is 1. The van der Waals surface area contributed by atoms with Crippen LogP contribution in [-0.2, 0) is 0 Å². The maximum Gasteiger partial charge on any atom is 0.194 e. The lowest BCUT2D eigenvalue weighted by molar-refractivity contribution is -0.445. The van der Waals surface area contributed by atoms with Crippen LogP contribution in [0.1, 0.15) is 39.2 Å². The zero-order chi connectivity index (χ0) is 31.5. The second kappa shape index (κ2) is 12.6. The van der Waals surface area contributed by atoms with Crippen molar-refractivity contribution >= 4 is 64.6 Å². The van der Waals surface area contributed by atoms with Gasteiger partial charge in [-0.25, -0.2) is 0 Å². The van der Waals surface area contributed by atoms with E-state index in [0.717, 1.165) is 39.7 Å². The maximum atomic E-state index is 10.0. The van der Waals surface area contributed by atoms with Crippen LogP contribution in [-0.4, -0.2) is 24.2 Å². The van der Waals surface area contributed by atoms with Crippen molar-refractivity contribution in [3.63, 3.8) is 0 Å². The SMILES string of the molecule is CC.CC(C)c1ccc2ccc3cccc4ccc1c2c34.COc1ccc2ccc3c(O)ccc4ccc1c2c43.C[N+](=O)[O-]. The minimum atomic E-state index is -0.500. The lowest BCUT2D eigenvalue weighted by atomic mass is 9.89. The van der Waals surface area contributed by atoms with Crippen molar-refractivity contribution in [1.29, 1.82) is 0 Å². The van der Waals surface area contributed by atoms with Gasteiger partial charge in [0.2, 0.25) is 0 Å². The molecule has 8 aromatic carbocycles. The first-order valence-corrected chi connectivity index (χ1v) is 15.0. The fourth-order valence-corrected chi connectivity index (χ4v) is 6.20. The first kappa shape index (κ1) is 30.3. The molecule has 0 spiro atoms. The van der Waals surface area contributed by atoms with Crippen LogP contribution in [0.25, 0.3) is 64.6 Å². The summed E-state index contributed by atoms with van der Waals surface area (Å²) >= 11 is 0. The van der Waals surface area contributed by atoms with Gasteiger partial charge in [0.1, 0.15) is 11.5 Å². The van der Waals surface area contributed by atoms with Gasteiger partial charge in [-0.1, -0.05) is 113 Å². The molecule has 5 heteroatoms. The molecule has 5 nitrogen and oxygen atoms in total. The van der Waals surface area contributed by atoms with Crippen molar-refractivity contribution in [1.82, 2.24) is 0 Å². The molecule has 0 fully saturated rings. The van der Waals surface area contributed by atoms with E-state index in [9.17, 15) is 5.11 Å². The number of hydrogen-bond donors (Lipinski definition) is 1. The van der Waals surface area contributed by atoms with E-state index in [4.69, 9.17) is 14.9 Å². The highest BCUT2D eigenvalue weighted by Crippen LogP contribution is 2.41. The van der Waals surface area contributed by atoms with Crippen molar-refractivity contribution in [2.75, 3.05) is 14.2 Å². The van der Waals surface area contributed by atoms with Crippen molar-refractivity contribution in [3.05, 3.63) is 119 Å². The molecule has 0 radical (unpaired) electrons. The van der Waals surface area contributed by atoms with Crippen LogP contribution in [0.3, 0.4) is 0 Å². The summed E-state index contributed by atoms with van der Waals surface area (Å²) in [6.45, 7) is 8.54. The van der Waals surface area contributed by atoms with E-state index in [2.05, 4.69) is 86.6 Å². The standard InChI is InChI=1S/C19H16.C17H12O2.C2H6.CH3NO2/c1-12(2)16-10-8-15-7-6-13-4-3-5-14-9-11-17(16)19(15)18(13)14;1-19-15-9-5-11-2-6-12-14(18)8-4-10-3-7-13(15)17(11)16(10)12;1-2;1-2(3)4/h3-12H,1-2H3;2-9,18H,1H3;1-2H3;1H3. The minimum Gasteiger partial charge on any atom is -0.507 e. The zero-order valence-corrected chi connectivity index (χ0v) is 26.0. The Kier molecular flexibility index (Phi) is 8.68. The topological polar surface area (TPSA) is 72.6 Å². The molecule has 8 rings (SSSR count). The van der Waals surface area contributed by atoms with E-state index < -0.39 is 4.92 Å². The summed E-state index contributed by atoms with van der Waals surface area (Å²) in [6.07, 6.45) is 0. The van der Waals surface area contributed by atoms with Crippen LogP contribution in [0.15, 0.2) is 103 Å². The number of aromatic hydroxyl groups is 1. The summed E-state index contributed by atoms with van der Waals surface area (Å²) in [5.41, 5.74) is 1.45. The Bertz CT molecular complexity index is 2200. The molecule has 222 valence electrons. The average molecular weight is 584 g/mol. The first-order chi connectivity index (χ1) is 21.3. The largest absolute Gasteiger partial charge is 0.507 e. The monoisotopic (exact) mass is 583 g/mol. The summed E-state index contributed by atoms with van der Waals surface area (Å²) in [5.74, 6) is 1.75. The van der Waals surface area contributed by atoms with Gasteiger partial charge in [0, 0.05) is 26.5 Å². The zero-order valence-electron chi connectivity index (χ0n) is 26.0. The molecule has 0 saturated carbocycles. The Labute approximate surface area is 257 Å². The van der Waals surface area contributed by atoms with E-state index in [1.54, 1.807) is 13.2 Å². The number of ether oxygens (including phenoxy) is 1. The predicted molar refractivity (Wildman–Crippen MR) is 187 cm³/mol. The fourth-order valence-electron chi connectivity index (χ4n) is 6.20. The van der Waals surface area contributed by atoms with Crippen molar-refractivity contribution in [2.24, 2.45) is 0 Å². The molecule has 0 amide bonds. The molecular weight excluding hydrogens is 546 g/mol. The summed E-state index contributed by atoms with van der Waals surface area (Å²) in [6, 6.07) is 36.1. The van der Waals surface area contributed by atoms with Crippen molar-refractivity contribution < 1.29 is 14.8 Å². The molecule has 0 unspecified atom stereocenters. The summed E-state index contributed by atoms with van der Waals surface area (Å²) in [4.78, 5) is 8.31. The van der Waals surface area contributed by atoms with Gasteiger partial charge in [-0.3, -0.25) is 10.1 Å². The molecule has 0 heterocycles. The average Bonchev–Trinajstić information content (AvgIpc) is 3.04. The van der Waals surface area contributed by atoms with Gasteiger partial charge in [-0.05, 0) is 72.8 Å². The summed E-state index contributed by atoms with van der Waals surface area (Å²) < 4.78 is 5.44. The lowest BCUT2D eigenvalue weighted by Gasteiger charge is -2.15. The van der Waals surface area contributed by atoms with Gasteiger partial charge < -0.3 is 9.84 Å². The normalized spacial score (nSPS) is 11.0. The summed E-state index contributed by atoms with van der Waals surface area (Å²) in [5, 5.41) is 33.7. The molecule has 0 aliphatic rings. The molecule has 44 heavy (non-hydrogen) atoms. The highest BCUT2D eigenvalue weighted by molar-refractivity contribution is 6.25. The van der Waals surface area contributed by atoms with Crippen LogP contribution in [0, 0.1) is 10.1 Å². The lowest BCUT2D eigenvalue weighted by Crippen LogP contribution is -1.91. The number of phenolic OH excluding ortho intramolecular Hbond substituents is 1. The predicted octanol–water partition coefficient (Wildman–Crippen LogP) is 10.9. The van der Waals surface area contributed by atoms with Gasteiger partial charge >= 0.3 is 0 Å². The number of rotatable bonds is 2. The van der Waals surface area contributed by atoms with Crippen LogP contribution in [0.4, 0.5) is 0 Å². The molecule has 0 aliphatic heterocycles. The Morgan fingerprint density at radius 1 is 0.614 bits per heavy atom. The van der Waals surface area contributed by atoms with E-state index >= 15 is 0 Å². The highest BCUT2D eigenvalue weighted by atomic mass is 16.6. The van der Waals surface area contributed by atoms with Crippen LogP contribution < -0.4 is 4.74 Å². The maximum absolute atomic E-state index is 10.0. The van der Waals surface area contributed by atoms with E-state index in [1.807, 2.05) is 38.1 Å². The van der Waals surface area contributed by atoms with Crippen molar-refractivity contribution in [2.45, 2.75) is 33.6 Å². The molecule has 0 aromatic heterocycles. The number of benzene rings is 8. The van der Waals surface area contributed by atoms with Gasteiger partial charge in [-0.15, -0.1) is 0 Å². The molecule has 0 bridgehead atoms. The van der Waals surface area contributed by atoms with E-state index in [0.29, 0.717) is 11.7 Å². The van der Waals surface area contributed by atoms with Crippen LogP contribution >= 0.6 is 0 Å². The molecule has 8 aromatic rings. The molecule has 1 N–H and O–H groups in total. The fraction of sp³-hybridized carbons (Fsp3) is 0.179. The number of nitrogens with zero attached hydrogens (tertiary/aromatic N) is 1. The smallest absolute Gasteiger partial charge is 0.194 e. The number of nitro groups is 1. The van der Waals surface area contributed by atoms with Gasteiger partial charge in [0.25, 0.3) is 0 Å². The Hall–Kier alpha value is -5.16. The third-order valence-corrected chi connectivity index (χ3v) is 8.01. The highest BCUT2D eigenvalue weighted by Gasteiger charge is 2.13. The van der Waals surface area contributed by atoms with Gasteiger partial charge in [0.05, 0.1) is 7.11 Å². The van der Waals surface area contributed by atoms with Crippen LogP contribution in [0.5, 0.6) is 11.5 Å². The molecular formula is C39H37NO4. The molecule has 0 aliphatic carbocycles. The number of hydrogen-bond acceptors (Lipinski definition) is 4. The van der Waals surface area contributed by atoms with Gasteiger partial charge in [-0.2, -0.15) is 0 Å². The van der Waals surface area contributed by atoms with Crippen molar-refractivity contribution in [3.8, 4) is 11.5 Å². The third kappa shape index (κ3) is 5.37. The quantitative estimate of drug-likeness (QED) is 0.125. The van der Waals surface area contributed by atoms with E-state index in [-0.39, 0.29) is 0 Å². The van der Waals surface area contributed by atoms with Gasteiger partial charge in [0.15, 0.2) is 7.05 Å². The Balaban J connectivity index is 0.000000149. The second-order valence-electron chi connectivity index (χ2n) is 10.9. The summed E-state index contributed by atoms with van der Waals surface area (Å²) in [7, 11) is 2.57. The van der Waals surface area contributed by atoms with Crippen LogP contribution in [0.2, 0.25) is 0 Å². The second-order valence-corrected chi connectivity index (χ2v) is 10.9. The van der Waals surface area contributed by atoms with E-state index in [1.165, 1.54) is 43.3 Å². The Morgan fingerprint density at radius 2 is 1.02 bits per heavy atom. The third-order valence-electron chi connectivity index (χ3n) is 8.01.